The van der Waals surface area contributed by atoms with Crippen molar-refractivity contribution in [1.82, 2.24) is 16.0 Å². The van der Waals surface area contributed by atoms with Gasteiger partial charge < -0.3 is 21.1 Å². The topological polar surface area (TPSA) is 108 Å². The van der Waals surface area contributed by atoms with Crippen LogP contribution in [0.2, 0.25) is 0 Å². The first kappa shape index (κ1) is 17.2. The highest BCUT2D eigenvalue weighted by atomic mass is 16.4. The molecule has 0 bridgehead atoms. The summed E-state index contributed by atoms with van der Waals surface area (Å²) in [6, 6.07) is -0.420. The van der Waals surface area contributed by atoms with E-state index in [9.17, 15) is 14.4 Å². The molecule has 0 fully saturated rings. The SMILES string of the molecule is CCC(CC)(CC)NC(=O)NCC(=O)NCC(=O)O. The first-order valence-electron chi connectivity index (χ1n) is 6.43. The van der Waals surface area contributed by atoms with E-state index in [1.54, 1.807) is 0 Å². The Hall–Kier alpha value is -1.79. The summed E-state index contributed by atoms with van der Waals surface area (Å²) >= 11 is 0. The second-order valence-electron chi connectivity index (χ2n) is 4.32. The monoisotopic (exact) mass is 273 g/mol. The molecule has 0 aliphatic heterocycles. The molecule has 0 saturated carbocycles. The molecule has 3 amide bonds. The third kappa shape index (κ3) is 6.64. The summed E-state index contributed by atoms with van der Waals surface area (Å²) in [4.78, 5) is 33.1. The van der Waals surface area contributed by atoms with Crippen LogP contribution in [-0.2, 0) is 9.59 Å². The molecule has 0 aromatic carbocycles. The number of carbonyl (C=O) groups is 3. The Morgan fingerprint density at radius 2 is 1.47 bits per heavy atom. The molecule has 0 atom stereocenters. The summed E-state index contributed by atoms with van der Waals surface area (Å²) in [5.41, 5.74) is -0.262. The molecule has 0 aliphatic carbocycles. The number of aliphatic carboxylic acids is 1. The minimum Gasteiger partial charge on any atom is -0.480 e. The van der Waals surface area contributed by atoms with Crippen LogP contribution in [0.3, 0.4) is 0 Å². The highest BCUT2D eigenvalue weighted by Crippen LogP contribution is 2.18. The van der Waals surface area contributed by atoms with Crippen molar-refractivity contribution in [2.24, 2.45) is 0 Å². The Kier molecular flexibility index (Phi) is 7.55. The number of hydrogen-bond donors (Lipinski definition) is 4. The van der Waals surface area contributed by atoms with Gasteiger partial charge in [0.05, 0.1) is 6.54 Å². The van der Waals surface area contributed by atoms with E-state index in [0.29, 0.717) is 0 Å². The van der Waals surface area contributed by atoms with Crippen LogP contribution in [0.15, 0.2) is 0 Å². The van der Waals surface area contributed by atoms with Crippen molar-refractivity contribution in [2.75, 3.05) is 13.1 Å². The largest absolute Gasteiger partial charge is 0.480 e. The Morgan fingerprint density at radius 3 is 1.89 bits per heavy atom. The molecular weight excluding hydrogens is 250 g/mol. The van der Waals surface area contributed by atoms with E-state index in [-0.39, 0.29) is 12.1 Å². The lowest BCUT2D eigenvalue weighted by Crippen LogP contribution is -2.52. The number of hydrogen-bond acceptors (Lipinski definition) is 3. The van der Waals surface area contributed by atoms with Gasteiger partial charge in [-0.2, -0.15) is 0 Å². The summed E-state index contributed by atoms with van der Waals surface area (Å²) in [5, 5.41) is 15.8. The van der Waals surface area contributed by atoms with Crippen molar-refractivity contribution < 1.29 is 19.5 Å². The molecule has 7 nitrogen and oxygen atoms in total. The van der Waals surface area contributed by atoms with Gasteiger partial charge in [0.2, 0.25) is 5.91 Å². The average molecular weight is 273 g/mol. The maximum absolute atomic E-state index is 11.7. The molecule has 4 N–H and O–H groups in total. The van der Waals surface area contributed by atoms with Crippen LogP contribution in [-0.4, -0.2) is 41.6 Å². The van der Waals surface area contributed by atoms with E-state index < -0.39 is 24.5 Å². The highest BCUT2D eigenvalue weighted by molar-refractivity contribution is 5.86. The molecule has 0 aliphatic rings. The van der Waals surface area contributed by atoms with Gasteiger partial charge in [0.25, 0.3) is 0 Å². The van der Waals surface area contributed by atoms with Crippen molar-refractivity contribution in [3.05, 3.63) is 0 Å². The van der Waals surface area contributed by atoms with Gasteiger partial charge in [0.15, 0.2) is 0 Å². The van der Waals surface area contributed by atoms with Crippen LogP contribution in [0.1, 0.15) is 40.0 Å². The van der Waals surface area contributed by atoms with Crippen LogP contribution in [0.4, 0.5) is 4.79 Å². The predicted octanol–water partition coefficient (Wildman–Crippen LogP) is 0.455. The van der Waals surface area contributed by atoms with E-state index in [4.69, 9.17) is 5.11 Å². The molecule has 0 heterocycles. The molecule has 0 aromatic heterocycles. The molecular formula is C12H23N3O4. The molecule has 0 rings (SSSR count). The Labute approximate surface area is 113 Å². The third-order valence-electron chi connectivity index (χ3n) is 3.26. The van der Waals surface area contributed by atoms with Gasteiger partial charge in [-0.3, -0.25) is 9.59 Å². The Morgan fingerprint density at radius 1 is 0.947 bits per heavy atom. The average Bonchev–Trinajstić information content (AvgIpc) is 2.40. The standard InChI is InChI=1S/C12H23N3O4/c1-4-12(5-2,6-3)15-11(19)14-7-9(16)13-8-10(17)18/h4-8H2,1-3H3,(H,13,16)(H,17,18)(H2,14,15,19). The number of rotatable bonds is 8. The van der Waals surface area contributed by atoms with Gasteiger partial charge in [0, 0.05) is 5.54 Å². The van der Waals surface area contributed by atoms with Crippen LogP contribution in [0.25, 0.3) is 0 Å². The third-order valence-corrected chi connectivity index (χ3v) is 3.26. The minimum atomic E-state index is -1.13. The fraction of sp³-hybridized carbons (Fsp3) is 0.750. The lowest BCUT2D eigenvalue weighted by Gasteiger charge is -2.31. The zero-order valence-electron chi connectivity index (χ0n) is 11.7. The van der Waals surface area contributed by atoms with Gasteiger partial charge in [-0.25, -0.2) is 4.79 Å². The number of urea groups is 1. The molecule has 0 unspecified atom stereocenters. The van der Waals surface area contributed by atoms with E-state index >= 15 is 0 Å². The van der Waals surface area contributed by atoms with Crippen molar-refractivity contribution in [2.45, 2.75) is 45.6 Å². The lowest BCUT2D eigenvalue weighted by atomic mass is 9.90. The zero-order chi connectivity index (χ0) is 14.9. The first-order valence-corrected chi connectivity index (χ1v) is 6.43. The quantitative estimate of drug-likeness (QED) is 0.515. The predicted molar refractivity (Wildman–Crippen MR) is 70.8 cm³/mol. The van der Waals surface area contributed by atoms with Crippen LogP contribution < -0.4 is 16.0 Å². The summed E-state index contributed by atoms with van der Waals surface area (Å²) in [7, 11) is 0. The van der Waals surface area contributed by atoms with Crippen LogP contribution in [0.5, 0.6) is 0 Å². The molecule has 110 valence electrons. The number of carbonyl (C=O) groups excluding carboxylic acids is 2. The van der Waals surface area contributed by atoms with Crippen molar-refractivity contribution >= 4 is 17.9 Å². The van der Waals surface area contributed by atoms with Crippen molar-refractivity contribution in [3.8, 4) is 0 Å². The number of carboxylic acid groups (broad SMARTS) is 1. The van der Waals surface area contributed by atoms with Crippen molar-refractivity contribution in [3.63, 3.8) is 0 Å². The molecule has 0 aromatic rings. The Balaban J connectivity index is 4.11. The molecule has 7 heteroatoms. The maximum atomic E-state index is 11.7. The van der Waals surface area contributed by atoms with Gasteiger partial charge in [0.1, 0.15) is 6.54 Å². The first-order chi connectivity index (χ1) is 8.89. The van der Waals surface area contributed by atoms with E-state index in [2.05, 4.69) is 16.0 Å². The normalized spacial score (nSPS) is 10.7. The second-order valence-corrected chi connectivity index (χ2v) is 4.32. The fourth-order valence-corrected chi connectivity index (χ4v) is 1.70. The number of amides is 3. The summed E-state index contributed by atoms with van der Waals surface area (Å²) in [6.45, 7) is 5.28. The maximum Gasteiger partial charge on any atom is 0.322 e. The summed E-state index contributed by atoms with van der Waals surface area (Å²) in [5.74, 6) is -1.66. The van der Waals surface area contributed by atoms with Gasteiger partial charge in [-0.15, -0.1) is 0 Å². The smallest absolute Gasteiger partial charge is 0.322 e. The van der Waals surface area contributed by atoms with Crippen molar-refractivity contribution in [1.29, 1.82) is 0 Å². The summed E-state index contributed by atoms with van der Waals surface area (Å²) in [6.07, 6.45) is 2.41. The molecule has 0 spiro atoms. The Bertz CT molecular complexity index is 319. The zero-order valence-corrected chi connectivity index (χ0v) is 11.7. The number of nitrogens with one attached hydrogen (secondary N) is 3. The van der Waals surface area contributed by atoms with Crippen LogP contribution in [0, 0.1) is 0 Å². The minimum absolute atomic E-state index is 0.244. The summed E-state index contributed by atoms with van der Waals surface area (Å²) < 4.78 is 0. The lowest BCUT2D eigenvalue weighted by molar-refractivity contribution is -0.137. The fourth-order valence-electron chi connectivity index (χ4n) is 1.70. The van der Waals surface area contributed by atoms with Gasteiger partial charge in [-0.05, 0) is 19.3 Å². The molecule has 0 radical (unpaired) electrons. The van der Waals surface area contributed by atoms with Gasteiger partial charge >= 0.3 is 12.0 Å². The van der Waals surface area contributed by atoms with E-state index in [0.717, 1.165) is 19.3 Å². The number of carboxylic acids is 1. The van der Waals surface area contributed by atoms with E-state index in [1.807, 2.05) is 20.8 Å². The highest BCUT2D eigenvalue weighted by Gasteiger charge is 2.25. The molecule has 0 saturated heterocycles. The second kappa shape index (κ2) is 8.34. The van der Waals surface area contributed by atoms with Crippen LogP contribution >= 0.6 is 0 Å². The van der Waals surface area contributed by atoms with E-state index in [1.165, 1.54) is 0 Å². The molecule has 19 heavy (non-hydrogen) atoms. The van der Waals surface area contributed by atoms with Gasteiger partial charge in [-0.1, -0.05) is 20.8 Å².